The van der Waals surface area contributed by atoms with Crippen molar-refractivity contribution >= 4 is 0 Å². The maximum atomic E-state index is 10.3. The van der Waals surface area contributed by atoms with E-state index in [-0.39, 0.29) is 83.5 Å². The van der Waals surface area contributed by atoms with Gasteiger partial charge in [-0.1, -0.05) is 84.5 Å². The van der Waals surface area contributed by atoms with Crippen LogP contribution in [0.1, 0.15) is 25.0 Å². The summed E-state index contributed by atoms with van der Waals surface area (Å²) in [6, 6.07) is 19.2. The summed E-state index contributed by atoms with van der Waals surface area (Å²) in [6.45, 7) is 3.87. The van der Waals surface area contributed by atoms with Crippen LogP contribution in [-0.4, -0.2) is 16.5 Å². The Morgan fingerprint density at radius 3 is 1.33 bits per heavy atom. The molecule has 0 radical (unpaired) electrons. The maximum absolute atomic E-state index is 10.3. The van der Waals surface area contributed by atoms with Crippen LogP contribution in [0.3, 0.4) is 0 Å². The Morgan fingerprint density at radius 1 is 0.733 bits per heavy atom. The third-order valence-corrected chi connectivity index (χ3v) is 4.01. The average Bonchev–Trinajstić information content (AvgIpc) is 2.55. The topological polar surface area (TPSA) is 40.5 Å². The fraction of sp³-hybridized carbons (Fsp3) is 0.154. The van der Waals surface area contributed by atoms with Gasteiger partial charge < -0.3 is 54.8 Å². The van der Waals surface area contributed by atoms with Gasteiger partial charge >= 0.3 is 39.0 Å². The maximum Gasteiger partial charge on any atom is 3.00 e. The zero-order valence-corrected chi connectivity index (χ0v) is 22.9. The minimum absolute atomic E-state index is 0. The predicted octanol–water partition coefficient (Wildman–Crippen LogP) is 6.50. The minimum Gasteiger partial charge on any atom is -0.367 e. The van der Waals surface area contributed by atoms with Gasteiger partial charge in [0.25, 0.3) is 0 Å². The van der Waals surface area contributed by atoms with Crippen LogP contribution in [0.15, 0.2) is 84.5 Å². The Kier molecular flexibility index (Phi) is 35.7. The van der Waals surface area contributed by atoms with Crippen molar-refractivity contribution in [3.8, 4) is 0 Å². The summed E-state index contributed by atoms with van der Waals surface area (Å²) in [6.07, 6.45) is 4.23. The molecule has 0 aromatic heterocycles. The van der Waals surface area contributed by atoms with Crippen molar-refractivity contribution in [1.82, 2.24) is 0 Å². The number of hydrogen-bond acceptors (Lipinski definition) is 2. The number of aliphatic hydroxyl groups excluding tert-OH is 1. The molecule has 4 heteroatoms. The van der Waals surface area contributed by atoms with E-state index in [0.29, 0.717) is 0 Å². The summed E-state index contributed by atoms with van der Waals surface area (Å²) in [4.78, 5) is 0. The first-order chi connectivity index (χ1) is 10.6. The second-order valence-corrected chi connectivity index (χ2v) is 5.29. The number of hydrogen-bond donors (Lipinski definition) is 2. The van der Waals surface area contributed by atoms with Crippen molar-refractivity contribution in [3.63, 3.8) is 0 Å². The molecule has 174 valence electrons. The Labute approximate surface area is 214 Å². The van der Waals surface area contributed by atoms with Crippen molar-refractivity contribution in [3.05, 3.63) is 140 Å². The zero-order valence-electron chi connectivity index (χ0n) is 19.6. The third-order valence-electron chi connectivity index (χ3n) is 4.01. The van der Waals surface area contributed by atoms with Crippen LogP contribution in [0, 0.1) is 44.6 Å². The molecule has 0 atom stereocenters. The smallest absolute Gasteiger partial charge is 0.367 e. The van der Waals surface area contributed by atoms with E-state index in [0.717, 1.165) is 16.7 Å². The molecule has 2 nitrogen and oxygen atoms in total. The molecule has 0 unspecified atom stereocenters. The first kappa shape index (κ1) is 47.0. The number of allylic oxidation sites excluding steroid dienone is 3. The van der Waals surface area contributed by atoms with Gasteiger partial charge in [-0.15, -0.1) is 0 Å². The van der Waals surface area contributed by atoms with Crippen LogP contribution < -0.4 is 0 Å². The molecule has 0 amide bonds. The van der Waals surface area contributed by atoms with Gasteiger partial charge in [0.2, 0.25) is 0 Å². The van der Waals surface area contributed by atoms with E-state index in [1.807, 2.05) is 92.7 Å². The summed E-state index contributed by atoms with van der Waals surface area (Å²) in [5.41, 5.74) is 1.60. The molecule has 2 aromatic rings. The van der Waals surface area contributed by atoms with E-state index >= 15 is 0 Å². The van der Waals surface area contributed by atoms with Crippen molar-refractivity contribution in [1.29, 1.82) is 0 Å². The largest absolute Gasteiger partial charge is 3.00 e. The summed E-state index contributed by atoms with van der Waals surface area (Å²) < 4.78 is 0. The molecule has 2 N–H and O–H groups in total. The van der Waals surface area contributed by atoms with Crippen LogP contribution in [0.4, 0.5) is 0 Å². The summed E-state index contributed by atoms with van der Waals surface area (Å²) in [7, 11) is 0. The van der Waals surface area contributed by atoms with E-state index < -0.39 is 11.7 Å². The van der Waals surface area contributed by atoms with E-state index in [2.05, 4.69) is 0 Å². The first-order valence-corrected chi connectivity index (χ1v) is 7.41. The van der Waals surface area contributed by atoms with E-state index in [4.69, 9.17) is 0 Å². The van der Waals surface area contributed by atoms with Gasteiger partial charge in [0.05, 0.1) is 5.41 Å². The fourth-order valence-corrected chi connectivity index (χ4v) is 2.90. The minimum atomic E-state index is -1.54. The van der Waals surface area contributed by atoms with E-state index in [1.54, 1.807) is 0 Å². The molecule has 30 heavy (non-hydrogen) atoms. The van der Waals surface area contributed by atoms with Crippen LogP contribution in [0.25, 0.3) is 0 Å². The Balaban J connectivity index is -0.000000132. The van der Waals surface area contributed by atoms with Crippen molar-refractivity contribution < 1.29 is 49.2 Å². The monoisotopic (exact) mass is 590 g/mol. The van der Waals surface area contributed by atoms with Gasteiger partial charge in [0, 0.05) is 0 Å². The molecule has 0 heterocycles. The predicted molar refractivity (Wildman–Crippen MR) is 129 cm³/mol. The fourth-order valence-electron chi connectivity index (χ4n) is 2.90. The second kappa shape index (κ2) is 22.8. The van der Waals surface area contributed by atoms with Crippen molar-refractivity contribution in [2.24, 2.45) is 0 Å². The van der Waals surface area contributed by atoms with Crippen molar-refractivity contribution in [2.75, 3.05) is 0 Å². The SMILES string of the molecule is C/C=C\C=C(/C)C(c1ccccc1)(c1ccccc1)C(O)O.[CH3-].[CH3-].[CH3-].[CH3-].[CH3-].[CH3-].[Rh+3].[Rh+3]. The van der Waals surface area contributed by atoms with E-state index in [1.165, 1.54) is 0 Å². The van der Waals surface area contributed by atoms with Gasteiger partial charge in [-0.25, -0.2) is 0 Å². The third kappa shape index (κ3) is 9.93. The van der Waals surface area contributed by atoms with Crippen molar-refractivity contribution in [2.45, 2.75) is 25.6 Å². The van der Waals surface area contributed by atoms with Gasteiger partial charge in [-0.2, -0.15) is 0 Å². The number of rotatable bonds is 5. The molecule has 2 rings (SSSR count). The first-order valence-electron chi connectivity index (χ1n) is 7.41. The standard InChI is InChI=1S/C20H22O2.6CH3.2Rh/c1-3-4-11-16(2)20(19(21)22,17-12-7-5-8-13-17)18-14-9-6-10-15-18;;;;;;;;/h3-15,19,21-22H,1-2H3;6*1H3;;/q;6*-1;2*+3/b4-3-,16-11+;;;;;;;;. The normalized spacial score (nSPS) is 9.57. The quantitative estimate of drug-likeness (QED) is 0.181. The number of benzene rings is 2. The van der Waals surface area contributed by atoms with Gasteiger partial charge in [0.1, 0.15) is 0 Å². The molecule has 0 aliphatic heterocycles. The van der Waals surface area contributed by atoms with Crippen LogP contribution in [-0.2, 0) is 44.4 Å². The molecule has 0 aliphatic carbocycles. The van der Waals surface area contributed by atoms with Gasteiger partial charge in [-0.3, -0.25) is 0 Å². The molecule has 0 spiro atoms. The van der Waals surface area contributed by atoms with Gasteiger partial charge in [0.15, 0.2) is 6.29 Å². The molecule has 0 saturated heterocycles. The summed E-state index contributed by atoms with van der Waals surface area (Å²) in [5, 5.41) is 20.7. The Bertz CT molecular complexity index is 612. The van der Waals surface area contributed by atoms with E-state index in [9.17, 15) is 10.2 Å². The van der Waals surface area contributed by atoms with Gasteiger partial charge in [-0.05, 0) is 25.0 Å². The molecule has 2 aromatic carbocycles. The van der Waals surface area contributed by atoms with Crippen LogP contribution in [0.2, 0.25) is 0 Å². The molecule has 0 saturated carbocycles. The van der Waals surface area contributed by atoms with Crippen LogP contribution in [0.5, 0.6) is 0 Å². The molecule has 0 bridgehead atoms. The second-order valence-electron chi connectivity index (χ2n) is 5.29. The summed E-state index contributed by atoms with van der Waals surface area (Å²) in [5.74, 6) is 0. The average molecular weight is 590 g/mol. The molecule has 0 fully saturated rings. The number of aliphatic hydroxyl groups is 2. The zero-order chi connectivity index (χ0) is 16.0. The molecular weight excluding hydrogens is 550 g/mol. The molecule has 0 aliphatic rings. The Morgan fingerprint density at radius 2 is 1.07 bits per heavy atom. The Hall–Kier alpha value is -0.913. The summed E-state index contributed by atoms with van der Waals surface area (Å²) >= 11 is 0. The molecular formula is C26H40O2Rh2. The van der Waals surface area contributed by atoms with Crippen LogP contribution >= 0.6 is 0 Å².